The van der Waals surface area contributed by atoms with Crippen molar-refractivity contribution in [3.8, 4) is 0 Å². The fourth-order valence-corrected chi connectivity index (χ4v) is 2.50. The van der Waals surface area contributed by atoms with Crippen LogP contribution in [0.3, 0.4) is 0 Å². The van der Waals surface area contributed by atoms with Gasteiger partial charge in [-0.15, -0.1) is 0 Å². The molecule has 0 aliphatic rings. The molecule has 0 fully saturated rings. The molecule has 1 heterocycles. The van der Waals surface area contributed by atoms with Crippen LogP contribution in [0, 0.1) is 13.8 Å². The van der Waals surface area contributed by atoms with Gasteiger partial charge in [0.1, 0.15) is 5.76 Å². The van der Waals surface area contributed by atoms with Gasteiger partial charge in [-0.25, -0.2) is 0 Å². The van der Waals surface area contributed by atoms with Crippen LogP contribution in [0.5, 0.6) is 0 Å². The number of aromatic nitrogens is 1. The van der Waals surface area contributed by atoms with Gasteiger partial charge in [0.15, 0.2) is 0 Å². The first kappa shape index (κ1) is 15.2. The average molecular weight is 254 g/mol. The Hall–Kier alpha value is -0.870. The summed E-state index contributed by atoms with van der Waals surface area (Å²) in [4.78, 5) is 0. The van der Waals surface area contributed by atoms with E-state index in [0.717, 1.165) is 23.4 Å². The first-order valence-corrected chi connectivity index (χ1v) is 6.51. The largest absolute Gasteiger partial charge is 0.379 e. The van der Waals surface area contributed by atoms with Gasteiger partial charge in [0, 0.05) is 24.8 Å². The van der Waals surface area contributed by atoms with E-state index in [0.29, 0.717) is 6.04 Å². The van der Waals surface area contributed by atoms with Crippen LogP contribution in [0.15, 0.2) is 4.52 Å². The molecular weight excluding hydrogens is 228 g/mol. The number of hydrogen-bond acceptors (Lipinski definition) is 4. The molecule has 0 saturated carbocycles. The summed E-state index contributed by atoms with van der Waals surface area (Å²) in [5, 5.41) is 7.57. The van der Waals surface area contributed by atoms with Gasteiger partial charge in [0.2, 0.25) is 0 Å². The van der Waals surface area contributed by atoms with Crippen LogP contribution in [0.1, 0.15) is 57.2 Å². The van der Waals surface area contributed by atoms with Gasteiger partial charge < -0.3 is 14.6 Å². The molecular formula is C14H26N2O2. The molecule has 0 aliphatic carbocycles. The molecule has 0 spiro atoms. The maximum atomic E-state index is 5.46. The molecule has 1 N–H and O–H groups in total. The molecule has 0 aromatic carbocycles. The third-order valence-corrected chi connectivity index (χ3v) is 3.41. The van der Waals surface area contributed by atoms with Crippen LogP contribution in [0.4, 0.5) is 0 Å². The van der Waals surface area contributed by atoms with Crippen LogP contribution in [-0.2, 0) is 4.74 Å². The van der Waals surface area contributed by atoms with Crippen molar-refractivity contribution in [3.63, 3.8) is 0 Å². The van der Waals surface area contributed by atoms with E-state index in [4.69, 9.17) is 9.26 Å². The number of rotatable bonds is 6. The van der Waals surface area contributed by atoms with Crippen molar-refractivity contribution >= 4 is 0 Å². The highest BCUT2D eigenvalue weighted by atomic mass is 16.5. The highest BCUT2D eigenvalue weighted by molar-refractivity contribution is 5.24. The summed E-state index contributed by atoms with van der Waals surface area (Å²) in [5.41, 5.74) is 2.02. The van der Waals surface area contributed by atoms with E-state index < -0.39 is 0 Å². The lowest BCUT2D eigenvalue weighted by molar-refractivity contribution is 0.00781. The van der Waals surface area contributed by atoms with E-state index in [9.17, 15) is 0 Å². The fraction of sp³-hybridized carbons (Fsp3) is 0.786. The lowest BCUT2D eigenvalue weighted by Gasteiger charge is -2.29. The van der Waals surface area contributed by atoms with E-state index in [1.54, 1.807) is 7.11 Å². The third-order valence-electron chi connectivity index (χ3n) is 3.41. The Kier molecular flexibility index (Phi) is 4.93. The van der Waals surface area contributed by atoms with Crippen molar-refractivity contribution in [1.82, 2.24) is 10.5 Å². The minimum absolute atomic E-state index is 0.106. The average Bonchev–Trinajstić information content (AvgIpc) is 2.57. The van der Waals surface area contributed by atoms with Gasteiger partial charge >= 0.3 is 0 Å². The molecule has 4 heteroatoms. The molecule has 1 rings (SSSR count). The van der Waals surface area contributed by atoms with E-state index in [2.05, 4.69) is 38.2 Å². The number of nitrogens with one attached hydrogen (secondary N) is 1. The van der Waals surface area contributed by atoms with Crippen molar-refractivity contribution < 1.29 is 9.26 Å². The first-order chi connectivity index (χ1) is 8.26. The zero-order valence-electron chi connectivity index (χ0n) is 12.6. The van der Waals surface area contributed by atoms with Crippen molar-refractivity contribution in [2.24, 2.45) is 0 Å². The van der Waals surface area contributed by atoms with Crippen molar-refractivity contribution in [3.05, 3.63) is 17.0 Å². The Morgan fingerprint density at radius 2 is 1.94 bits per heavy atom. The zero-order valence-corrected chi connectivity index (χ0v) is 12.6. The third kappa shape index (κ3) is 3.82. The lowest BCUT2D eigenvalue weighted by Crippen LogP contribution is -2.37. The second-order valence-electron chi connectivity index (χ2n) is 5.70. The van der Waals surface area contributed by atoms with Gasteiger partial charge in [-0.1, -0.05) is 5.16 Å². The molecule has 18 heavy (non-hydrogen) atoms. The molecule has 104 valence electrons. The Balaban J connectivity index is 2.63. The predicted molar refractivity (Wildman–Crippen MR) is 72.7 cm³/mol. The minimum Gasteiger partial charge on any atom is -0.379 e. The van der Waals surface area contributed by atoms with E-state index in [1.807, 2.05) is 13.8 Å². The molecule has 1 aromatic rings. The normalized spacial score (nSPS) is 15.7. The Morgan fingerprint density at radius 1 is 1.33 bits per heavy atom. The number of methoxy groups -OCH3 is 1. The topological polar surface area (TPSA) is 47.3 Å². The molecule has 0 saturated heterocycles. The highest BCUT2D eigenvalue weighted by Gasteiger charge is 2.23. The van der Waals surface area contributed by atoms with Gasteiger partial charge in [-0.3, -0.25) is 0 Å². The summed E-state index contributed by atoms with van der Waals surface area (Å²) < 4.78 is 10.7. The molecule has 0 bridgehead atoms. The molecule has 0 amide bonds. The van der Waals surface area contributed by atoms with Gasteiger partial charge in [-0.2, -0.15) is 0 Å². The second-order valence-corrected chi connectivity index (χ2v) is 5.70. The van der Waals surface area contributed by atoms with Gasteiger partial charge in [0.25, 0.3) is 0 Å². The van der Waals surface area contributed by atoms with Crippen molar-refractivity contribution in [1.29, 1.82) is 0 Å². The smallest absolute Gasteiger partial charge is 0.138 e. The van der Waals surface area contributed by atoms with Crippen LogP contribution in [0.2, 0.25) is 0 Å². The SMILES string of the molecule is COC(C)(C)CC(C)NC(C)c1c(C)noc1C. The number of nitrogens with zero attached hydrogens (tertiary/aromatic N) is 1. The number of aryl methyl sites for hydroxylation is 2. The number of hydrogen-bond donors (Lipinski definition) is 1. The van der Waals surface area contributed by atoms with Crippen molar-refractivity contribution in [2.75, 3.05) is 7.11 Å². The monoisotopic (exact) mass is 254 g/mol. The summed E-state index contributed by atoms with van der Waals surface area (Å²) in [6, 6.07) is 0.600. The molecule has 2 unspecified atom stereocenters. The summed E-state index contributed by atoms with van der Waals surface area (Å²) in [7, 11) is 1.75. The molecule has 0 radical (unpaired) electrons. The standard InChI is InChI=1S/C14H26N2O2/c1-9(8-14(5,6)17-7)15-10(2)13-11(3)16-18-12(13)4/h9-10,15H,8H2,1-7H3. The summed E-state index contributed by atoms with van der Waals surface area (Å²) in [6.45, 7) is 12.5. The first-order valence-electron chi connectivity index (χ1n) is 6.51. The quantitative estimate of drug-likeness (QED) is 0.847. The summed E-state index contributed by atoms with van der Waals surface area (Å²) in [6.07, 6.45) is 0.956. The summed E-state index contributed by atoms with van der Waals surface area (Å²) in [5.74, 6) is 0.894. The fourth-order valence-electron chi connectivity index (χ4n) is 2.50. The maximum absolute atomic E-state index is 5.46. The van der Waals surface area contributed by atoms with E-state index >= 15 is 0 Å². The second kappa shape index (κ2) is 5.85. The van der Waals surface area contributed by atoms with Gasteiger partial charge in [-0.05, 0) is 48.0 Å². The van der Waals surface area contributed by atoms with Crippen LogP contribution in [-0.4, -0.2) is 23.9 Å². The molecule has 1 aromatic heterocycles. The van der Waals surface area contributed by atoms with Crippen LogP contribution in [0.25, 0.3) is 0 Å². The number of ether oxygens (including phenoxy) is 1. The van der Waals surface area contributed by atoms with Crippen molar-refractivity contribution in [2.45, 2.75) is 65.6 Å². The molecule has 2 atom stereocenters. The lowest BCUT2D eigenvalue weighted by atomic mass is 9.98. The highest BCUT2D eigenvalue weighted by Crippen LogP contribution is 2.23. The zero-order chi connectivity index (χ0) is 13.9. The molecule has 0 aliphatic heterocycles. The summed E-state index contributed by atoms with van der Waals surface area (Å²) >= 11 is 0. The minimum atomic E-state index is -0.106. The van der Waals surface area contributed by atoms with Gasteiger partial charge in [0.05, 0.1) is 11.3 Å². The maximum Gasteiger partial charge on any atom is 0.138 e. The van der Waals surface area contributed by atoms with E-state index in [1.165, 1.54) is 0 Å². The Bertz CT molecular complexity index is 366. The van der Waals surface area contributed by atoms with Crippen LogP contribution < -0.4 is 5.32 Å². The Morgan fingerprint density at radius 3 is 2.39 bits per heavy atom. The van der Waals surface area contributed by atoms with Crippen LogP contribution >= 0.6 is 0 Å². The molecule has 4 nitrogen and oxygen atoms in total. The Labute approximate surface area is 110 Å². The van der Waals surface area contributed by atoms with E-state index in [-0.39, 0.29) is 11.6 Å². The predicted octanol–water partition coefficient (Wildman–Crippen LogP) is 3.15.